The van der Waals surface area contributed by atoms with Crippen molar-refractivity contribution in [2.45, 2.75) is 25.7 Å². The highest BCUT2D eigenvalue weighted by molar-refractivity contribution is 7.94. The van der Waals surface area contributed by atoms with Crippen LogP contribution in [0, 0.1) is 0 Å². The molecule has 0 aromatic carbocycles. The van der Waals surface area contributed by atoms with E-state index in [1.165, 1.54) is 31.3 Å². The Bertz CT molecular complexity index is 73.5. The van der Waals surface area contributed by atoms with Gasteiger partial charge in [-0.15, -0.1) is 0 Å². The van der Waals surface area contributed by atoms with E-state index in [9.17, 15) is 0 Å². The molecule has 3 N–H and O–H groups in total. The SMILES string of the molecule is COSCNCCCCCCN. The first kappa shape index (κ1) is 12.2. The molecule has 74 valence electrons. The minimum atomic E-state index is 0.826. The Morgan fingerprint density at radius 1 is 1.25 bits per heavy atom. The largest absolute Gasteiger partial charge is 0.330 e. The lowest BCUT2D eigenvalue weighted by Crippen LogP contribution is -2.14. The second kappa shape index (κ2) is 11.2. The first-order valence-electron chi connectivity index (χ1n) is 4.48. The average molecular weight is 192 g/mol. The van der Waals surface area contributed by atoms with Gasteiger partial charge in [0.25, 0.3) is 0 Å². The second-order valence-electron chi connectivity index (χ2n) is 2.63. The van der Waals surface area contributed by atoms with E-state index < -0.39 is 0 Å². The minimum Gasteiger partial charge on any atom is -0.330 e. The zero-order valence-corrected chi connectivity index (χ0v) is 8.66. The van der Waals surface area contributed by atoms with Crippen LogP contribution < -0.4 is 11.1 Å². The molecular formula is C8H20N2OS. The standard InChI is InChI=1S/C8H20N2OS/c1-11-12-8-10-7-5-3-2-4-6-9/h10H,2-9H2,1H3. The summed E-state index contributed by atoms with van der Waals surface area (Å²) in [5.41, 5.74) is 5.37. The predicted octanol–water partition coefficient (Wildman–Crippen LogP) is 1.35. The van der Waals surface area contributed by atoms with Crippen LogP contribution in [-0.4, -0.2) is 26.1 Å². The van der Waals surface area contributed by atoms with Gasteiger partial charge in [-0.05, 0) is 25.9 Å². The number of nitrogens with two attached hydrogens (primary N) is 1. The van der Waals surface area contributed by atoms with E-state index in [-0.39, 0.29) is 0 Å². The van der Waals surface area contributed by atoms with Gasteiger partial charge in [0.1, 0.15) is 0 Å². The zero-order valence-electron chi connectivity index (χ0n) is 7.84. The summed E-state index contributed by atoms with van der Waals surface area (Å²) in [6.07, 6.45) is 4.94. The maximum Gasteiger partial charge on any atom is 0.0685 e. The molecule has 0 atom stereocenters. The summed E-state index contributed by atoms with van der Waals surface area (Å²) in [6.45, 7) is 1.91. The molecule has 0 aliphatic carbocycles. The van der Waals surface area contributed by atoms with Crippen molar-refractivity contribution in [1.29, 1.82) is 0 Å². The Kier molecular flexibility index (Phi) is 11.4. The number of hydrogen-bond acceptors (Lipinski definition) is 4. The number of rotatable bonds is 9. The van der Waals surface area contributed by atoms with Crippen LogP contribution in [0.25, 0.3) is 0 Å². The fourth-order valence-electron chi connectivity index (χ4n) is 0.921. The lowest BCUT2D eigenvalue weighted by molar-refractivity contribution is 0.486. The van der Waals surface area contributed by atoms with Crippen molar-refractivity contribution < 1.29 is 4.18 Å². The summed E-state index contributed by atoms with van der Waals surface area (Å²) in [4.78, 5) is 0. The second-order valence-corrected chi connectivity index (χ2v) is 3.49. The van der Waals surface area contributed by atoms with Gasteiger partial charge >= 0.3 is 0 Å². The fraction of sp³-hybridized carbons (Fsp3) is 1.00. The Morgan fingerprint density at radius 2 is 2.00 bits per heavy atom. The van der Waals surface area contributed by atoms with Gasteiger partial charge in [-0.3, -0.25) is 0 Å². The maximum atomic E-state index is 5.37. The van der Waals surface area contributed by atoms with Gasteiger partial charge in [0, 0.05) is 12.0 Å². The fourth-order valence-corrected chi connectivity index (χ4v) is 1.27. The van der Waals surface area contributed by atoms with Crippen LogP contribution in [0.15, 0.2) is 0 Å². The van der Waals surface area contributed by atoms with E-state index in [1.807, 2.05) is 0 Å². The Balaban J connectivity index is 2.73. The Morgan fingerprint density at radius 3 is 2.67 bits per heavy atom. The van der Waals surface area contributed by atoms with E-state index in [2.05, 4.69) is 5.32 Å². The summed E-state index contributed by atoms with van der Waals surface area (Å²) in [7, 11) is 1.69. The van der Waals surface area contributed by atoms with Crippen LogP contribution in [0.3, 0.4) is 0 Å². The van der Waals surface area contributed by atoms with Crippen molar-refractivity contribution in [3.63, 3.8) is 0 Å². The maximum absolute atomic E-state index is 5.37. The number of nitrogens with one attached hydrogen (secondary N) is 1. The Hall–Kier alpha value is 0.230. The van der Waals surface area contributed by atoms with E-state index in [4.69, 9.17) is 9.92 Å². The van der Waals surface area contributed by atoms with E-state index >= 15 is 0 Å². The molecule has 4 heteroatoms. The molecule has 0 aliphatic rings. The molecule has 0 amide bonds. The predicted molar refractivity (Wildman–Crippen MR) is 55.0 cm³/mol. The number of unbranched alkanes of at least 4 members (excludes halogenated alkanes) is 3. The minimum absolute atomic E-state index is 0.826. The van der Waals surface area contributed by atoms with Crippen molar-refractivity contribution in [2.75, 3.05) is 26.1 Å². The molecule has 0 fully saturated rings. The van der Waals surface area contributed by atoms with Crippen molar-refractivity contribution in [2.24, 2.45) is 5.73 Å². The molecule has 0 aliphatic heterocycles. The monoisotopic (exact) mass is 192 g/mol. The lowest BCUT2D eigenvalue weighted by Gasteiger charge is -2.02. The van der Waals surface area contributed by atoms with Crippen molar-refractivity contribution in [3.05, 3.63) is 0 Å². The van der Waals surface area contributed by atoms with Crippen molar-refractivity contribution in [1.82, 2.24) is 5.32 Å². The quantitative estimate of drug-likeness (QED) is 0.329. The third-order valence-corrected chi connectivity index (χ3v) is 2.14. The van der Waals surface area contributed by atoms with Crippen LogP contribution in [0.1, 0.15) is 25.7 Å². The van der Waals surface area contributed by atoms with Gasteiger partial charge in [0.15, 0.2) is 0 Å². The van der Waals surface area contributed by atoms with Crippen LogP contribution in [-0.2, 0) is 4.18 Å². The molecule has 0 aromatic rings. The van der Waals surface area contributed by atoms with Gasteiger partial charge in [-0.1, -0.05) is 12.8 Å². The summed E-state index contributed by atoms with van der Waals surface area (Å²) in [5.74, 6) is 0.882. The normalized spacial score (nSPS) is 10.5. The highest BCUT2D eigenvalue weighted by Crippen LogP contribution is 1.98. The molecule has 3 nitrogen and oxygen atoms in total. The van der Waals surface area contributed by atoms with Crippen LogP contribution >= 0.6 is 12.0 Å². The average Bonchev–Trinajstić information content (AvgIpc) is 2.10. The first-order chi connectivity index (χ1) is 5.91. The molecule has 0 radical (unpaired) electrons. The summed E-state index contributed by atoms with van der Waals surface area (Å²) >= 11 is 1.45. The van der Waals surface area contributed by atoms with Gasteiger partial charge in [-0.2, -0.15) is 0 Å². The highest BCUT2D eigenvalue weighted by Gasteiger charge is 1.89. The number of hydrogen-bond donors (Lipinski definition) is 2. The van der Waals surface area contributed by atoms with Crippen LogP contribution in [0.5, 0.6) is 0 Å². The lowest BCUT2D eigenvalue weighted by atomic mass is 10.2. The molecule has 0 unspecified atom stereocenters. The van der Waals surface area contributed by atoms with E-state index in [0.717, 1.165) is 25.4 Å². The van der Waals surface area contributed by atoms with E-state index in [0.29, 0.717) is 0 Å². The Labute approximate surface area is 79.6 Å². The molecule has 0 rings (SSSR count). The molecule has 0 bridgehead atoms. The smallest absolute Gasteiger partial charge is 0.0685 e. The van der Waals surface area contributed by atoms with Crippen LogP contribution in [0.4, 0.5) is 0 Å². The van der Waals surface area contributed by atoms with Crippen molar-refractivity contribution in [3.8, 4) is 0 Å². The molecule has 0 aromatic heterocycles. The molecule has 12 heavy (non-hydrogen) atoms. The van der Waals surface area contributed by atoms with Gasteiger partial charge in [0.05, 0.1) is 13.0 Å². The summed E-state index contributed by atoms with van der Waals surface area (Å²) in [6, 6.07) is 0. The van der Waals surface area contributed by atoms with Crippen LogP contribution in [0.2, 0.25) is 0 Å². The zero-order chi connectivity index (χ0) is 9.07. The molecule has 0 spiro atoms. The highest BCUT2D eigenvalue weighted by atomic mass is 32.2. The van der Waals surface area contributed by atoms with Gasteiger partial charge in [-0.25, -0.2) is 0 Å². The molecular weight excluding hydrogens is 172 g/mol. The van der Waals surface area contributed by atoms with E-state index in [1.54, 1.807) is 7.11 Å². The third-order valence-electron chi connectivity index (χ3n) is 1.59. The molecule has 0 heterocycles. The third kappa shape index (κ3) is 10.2. The van der Waals surface area contributed by atoms with Gasteiger partial charge < -0.3 is 15.2 Å². The summed E-state index contributed by atoms with van der Waals surface area (Å²) < 4.78 is 4.82. The first-order valence-corrected chi connectivity index (χ1v) is 5.39. The summed E-state index contributed by atoms with van der Waals surface area (Å²) in [5, 5.41) is 3.27. The molecule has 0 saturated carbocycles. The topological polar surface area (TPSA) is 47.3 Å². The van der Waals surface area contributed by atoms with Gasteiger partial charge in [0.2, 0.25) is 0 Å². The van der Waals surface area contributed by atoms with Crippen molar-refractivity contribution >= 4 is 12.0 Å². The molecule has 0 saturated heterocycles.